The molecule has 0 spiro atoms. The van der Waals surface area contributed by atoms with E-state index in [9.17, 15) is 4.79 Å². The van der Waals surface area contributed by atoms with Crippen LogP contribution in [-0.4, -0.2) is 23.1 Å². The quantitative estimate of drug-likeness (QED) is 0.623. The number of aromatic nitrogens is 1. The van der Waals surface area contributed by atoms with Crippen molar-refractivity contribution in [2.75, 3.05) is 7.05 Å². The van der Waals surface area contributed by atoms with Gasteiger partial charge < -0.3 is 15.4 Å². The summed E-state index contributed by atoms with van der Waals surface area (Å²) in [7, 11) is 1.82. The Hall–Kier alpha value is -1.29. The molecule has 3 N–H and O–H groups in total. The van der Waals surface area contributed by atoms with Crippen LogP contribution in [0.2, 0.25) is 0 Å². The molecule has 0 aromatic carbocycles. The molecule has 0 aliphatic heterocycles. The molecule has 12 heavy (non-hydrogen) atoms. The van der Waals surface area contributed by atoms with Crippen LogP contribution < -0.4 is 5.32 Å². The summed E-state index contributed by atoms with van der Waals surface area (Å²) in [4.78, 5) is 13.3. The molecule has 1 rings (SSSR count). The molecule has 0 fully saturated rings. The van der Waals surface area contributed by atoms with E-state index in [0.29, 0.717) is 6.54 Å². The van der Waals surface area contributed by atoms with Gasteiger partial charge in [0, 0.05) is 12.2 Å². The van der Waals surface area contributed by atoms with Crippen LogP contribution in [0.4, 0.5) is 0 Å². The van der Waals surface area contributed by atoms with Gasteiger partial charge in [0.25, 0.3) is 0 Å². The molecule has 1 aromatic rings. The number of hydrogen-bond donors (Lipinski definition) is 3. The summed E-state index contributed by atoms with van der Waals surface area (Å²) in [6.45, 7) is 2.55. The Bertz CT molecular complexity index is 291. The number of carboxylic acid groups (broad SMARTS) is 1. The van der Waals surface area contributed by atoms with Gasteiger partial charge in [0.2, 0.25) is 0 Å². The van der Waals surface area contributed by atoms with E-state index < -0.39 is 5.97 Å². The maximum Gasteiger partial charge on any atom is 0.352 e. The Morgan fingerprint density at radius 2 is 2.42 bits per heavy atom. The van der Waals surface area contributed by atoms with Gasteiger partial charge >= 0.3 is 5.97 Å². The molecule has 0 radical (unpaired) electrons. The van der Waals surface area contributed by atoms with Gasteiger partial charge in [0.1, 0.15) is 5.69 Å². The number of carboxylic acids is 1. The normalized spacial score (nSPS) is 10.2. The minimum atomic E-state index is -0.916. The second-order valence-corrected chi connectivity index (χ2v) is 2.68. The standard InChI is InChI=1S/C8H12N2O2/c1-5-3-6(8(11)12)10-7(5)4-9-2/h3,9-10H,4H2,1-2H3,(H,11,12). The summed E-state index contributed by atoms with van der Waals surface area (Å²) in [5, 5.41) is 11.6. The fourth-order valence-corrected chi connectivity index (χ4v) is 1.08. The van der Waals surface area contributed by atoms with Crippen LogP contribution in [0.3, 0.4) is 0 Å². The van der Waals surface area contributed by atoms with E-state index in [1.165, 1.54) is 0 Å². The van der Waals surface area contributed by atoms with E-state index in [0.717, 1.165) is 11.3 Å². The monoisotopic (exact) mass is 168 g/mol. The SMILES string of the molecule is CNCc1[nH]c(C(=O)O)cc1C. The lowest BCUT2D eigenvalue weighted by Crippen LogP contribution is -2.07. The van der Waals surface area contributed by atoms with E-state index in [2.05, 4.69) is 10.3 Å². The highest BCUT2D eigenvalue weighted by atomic mass is 16.4. The van der Waals surface area contributed by atoms with Crippen molar-refractivity contribution < 1.29 is 9.90 Å². The first-order chi connectivity index (χ1) is 5.65. The van der Waals surface area contributed by atoms with Crippen molar-refractivity contribution in [3.63, 3.8) is 0 Å². The predicted molar refractivity (Wildman–Crippen MR) is 45.3 cm³/mol. The molecule has 1 aromatic heterocycles. The number of aryl methyl sites for hydroxylation is 1. The Morgan fingerprint density at radius 3 is 2.83 bits per heavy atom. The lowest BCUT2D eigenvalue weighted by atomic mass is 10.2. The predicted octanol–water partition coefficient (Wildman–Crippen LogP) is 0.741. The van der Waals surface area contributed by atoms with Gasteiger partial charge in [-0.1, -0.05) is 0 Å². The molecule has 0 amide bonds. The fraction of sp³-hybridized carbons (Fsp3) is 0.375. The maximum absolute atomic E-state index is 10.5. The van der Waals surface area contributed by atoms with Crippen LogP contribution in [0.1, 0.15) is 21.7 Å². The van der Waals surface area contributed by atoms with Crippen molar-refractivity contribution in [3.05, 3.63) is 23.0 Å². The van der Waals surface area contributed by atoms with Gasteiger partial charge in [0.05, 0.1) is 0 Å². The summed E-state index contributed by atoms with van der Waals surface area (Å²) in [5.41, 5.74) is 2.15. The molecule has 0 atom stereocenters. The Labute approximate surface area is 70.6 Å². The number of aromatic carboxylic acids is 1. The lowest BCUT2D eigenvalue weighted by molar-refractivity contribution is 0.0691. The summed E-state index contributed by atoms with van der Waals surface area (Å²) in [6.07, 6.45) is 0. The van der Waals surface area contributed by atoms with Gasteiger partial charge in [0.15, 0.2) is 0 Å². The Balaban J connectivity index is 2.92. The minimum absolute atomic E-state index is 0.248. The number of carbonyl (C=O) groups is 1. The minimum Gasteiger partial charge on any atom is -0.477 e. The number of H-pyrrole nitrogens is 1. The van der Waals surface area contributed by atoms with E-state index in [4.69, 9.17) is 5.11 Å². The first-order valence-corrected chi connectivity index (χ1v) is 3.71. The zero-order valence-electron chi connectivity index (χ0n) is 7.14. The largest absolute Gasteiger partial charge is 0.477 e. The van der Waals surface area contributed by atoms with Crippen molar-refractivity contribution in [2.45, 2.75) is 13.5 Å². The van der Waals surface area contributed by atoms with Crippen LogP contribution in [0, 0.1) is 6.92 Å². The third kappa shape index (κ3) is 1.65. The Morgan fingerprint density at radius 1 is 1.75 bits per heavy atom. The van der Waals surface area contributed by atoms with Gasteiger partial charge in [-0.15, -0.1) is 0 Å². The van der Waals surface area contributed by atoms with Crippen molar-refractivity contribution in [1.29, 1.82) is 0 Å². The highest BCUT2D eigenvalue weighted by Crippen LogP contribution is 2.08. The van der Waals surface area contributed by atoms with E-state index in [1.807, 2.05) is 14.0 Å². The zero-order chi connectivity index (χ0) is 9.14. The summed E-state index contributed by atoms with van der Waals surface area (Å²) < 4.78 is 0. The molecule has 66 valence electrons. The van der Waals surface area contributed by atoms with Crippen LogP contribution in [0.25, 0.3) is 0 Å². The number of nitrogens with one attached hydrogen (secondary N) is 2. The number of hydrogen-bond acceptors (Lipinski definition) is 2. The molecule has 0 bridgehead atoms. The lowest BCUT2D eigenvalue weighted by Gasteiger charge is -1.96. The average molecular weight is 168 g/mol. The molecular weight excluding hydrogens is 156 g/mol. The highest BCUT2D eigenvalue weighted by Gasteiger charge is 2.08. The smallest absolute Gasteiger partial charge is 0.352 e. The second-order valence-electron chi connectivity index (χ2n) is 2.68. The molecule has 0 saturated carbocycles. The molecule has 0 saturated heterocycles. The van der Waals surface area contributed by atoms with E-state index in [1.54, 1.807) is 6.07 Å². The van der Waals surface area contributed by atoms with E-state index in [-0.39, 0.29) is 5.69 Å². The second kappa shape index (κ2) is 3.40. The summed E-state index contributed by atoms with van der Waals surface area (Å²) >= 11 is 0. The third-order valence-electron chi connectivity index (χ3n) is 1.71. The van der Waals surface area contributed by atoms with Crippen LogP contribution in [-0.2, 0) is 6.54 Å². The molecule has 0 aliphatic rings. The van der Waals surface area contributed by atoms with Crippen molar-refractivity contribution in [3.8, 4) is 0 Å². The third-order valence-corrected chi connectivity index (χ3v) is 1.71. The summed E-state index contributed by atoms with van der Waals surface area (Å²) in [5.74, 6) is -0.916. The van der Waals surface area contributed by atoms with E-state index >= 15 is 0 Å². The molecule has 4 heteroatoms. The van der Waals surface area contributed by atoms with Gasteiger partial charge in [-0.25, -0.2) is 4.79 Å². The van der Waals surface area contributed by atoms with Crippen LogP contribution in [0.5, 0.6) is 0 Å². The molecule has 0 unspecified atom stereocenters. The van der Waals surface area contributed by atoms with Crippen molar-refractivity contribution >= 4 is 5.97 Å². The average Bonchev–Trinajstić information content (AvgIpc) is 2.34. The molecule has 1 heterocycles. The molecule has 4 nitrogen and oxygen atoms in total. The number of aromatic amines is 1. The fourth-order valence-electron chi connectivity index (χ4n) is 1.08. The maximum atomic E-state index is 10.5. The van der Waals surface area contributed by atoms with Crippen LogP contribution >= 0.6 is 0 Å². The van der Waals surface area contributed by atoms with Crippen molar-refractivity contribution in [2.24, 2.45) is 0 Å². The van der Waals surface area contributed by atoms with Gasteiger partial charge in [-0.05, 0) is 25.6 Å². The van der Waals surface area contributed by atoms with Crippen LogP contribution in [0.15, 0.2) is 6.07 Å². The Kier molecular flexibility index (Phi) is 2.50. The van der Waals surface area contributed by atoms with Crippen molar-refractivity contribution in [1.82, 2.24) is 10.3 Å². The highest BCUT2D eigenvalue weighted by molar-refractivity contribution is 5.85. The van der Waals surface area contributed by atoms with Gasteiger partial charge in [-0.3, -0.25) is 0 Å². The topological polar surface area (TPSA) is 65.1 Å². The first kappa shape index (κ1) is 8.80. The first-order valence-electron chi connectivity index (χ1n) is 3.71. The number of rotatable bonds is 3. The summed E-state index contributed by atoms with van der Waals surface area (Å²) in [6, 6.07) is 1.63. The molecular formula is C8H12N2O2. The zero-order valence-corrected chi connectivity index (χ0v) is 7.14. The molecule has 0 aliphatic carbocycles. The van der Waals surface area contributed by atoms with Gasteiger partial charge in [-0.2, -0.15) is 0 Å².